The van der Waals surface area contributed by atoms with Crippen LogP contribution in [0.5, 0.6) is 5.88 Å². The number of aromatic nitrogens is 3. The van der Waals surface area contributed by atoms with Gasteiger partial charge in [-0.15, -0.1) is 10.2 Å². The fourth-order valence-electron chi connectivity index (χ4n) is 1.78. The molecule has 0 radical (unpaired) electrons. The topological polar surface area (TPSA) is 59.9 Å². The molecular formula is C13H15FN4O. The first-order valence-corrected chi connectivity index (χ1v) is 5.96. The van der Waals surface area contributed by atoms with E-state index in [4.69, 9.17) is 4.74 Å². The van der Waals surface area contributed by atoms with Gasteiger partial charge < -0.3 is 10.1 Å². The fraction of sp³-hybridized carbons (Fsp3) is 0.308. The molecule has 2 aromatic heterocycles. The summed E-state index contributed by atoms with van der Waals surface area (Å²) in [6, 6.07) is 4.71. The predicted molar refractivity (Wildman–Crippen MR) is 68.3 cm³/mol. The van der Waals surface area contributed by atoms with Gasteiger partial charge in [-0.25, -0.2) is 4.39 Å². The lowest BCUT2D eigenvalue weighted by Gasteiger charge is -2.17. The molecule has 1 unspecified atom stereocenters. The molecule has 100 valence electrons. The van der Waals surface area contributed by atoms with E-state index < -0.39 is 0 Å². The molecule has 6 heteroatoms. The van der Waals surface area contributed by atoms with Crippen LogP contribution in [0.3, 0.4) is 0 Å². The van der Waals surface area contributed by atoms with Crippen molar-refractivity contribution < 1.29 is 9.13 Å². The van der Waals surface area contributed by atoms with Gasteiger partial charge in [0.15, 0.2) is 0 Å². The molecule has 2 heterocycles. The van der Waals surface area contributed by atoms with Crippen molar-refractivity contribution in [2.75, 3.05) is 13.7 Å². The SMILES string of the molecule is CCNC(c1cncc(F)c1)c1ccc(OC)nn1. The van der Waals surface area contributed by atoms with Crippen molar-refractivity contribution in [3.8, 4) is 5.88 Å². The van der Waals surface area contributed by atoms with Crippen LogP contribution in [0.1, 0.15) is 24.2 Å². The summed E-state index contributed by atoms with van der Waals surface area (Å²) in [5, 5.41) is 11.2. The largest absolute Gasteiger partial charge is 0.480 e. The average Bonchev–Trinajstić information content (AvgIpc) is 2.45. The van der Waals surface area contributed by atoms with Crippen LogP contribution in [0.15, 0.2) is 30.6 Å². The fourth-order valence-corrected chi connectivity index (χ4v) is 1.78. The Labute approximate surface area is 110 Å². The first-order valence-electron chi connectivity index (χ1n) is 5.96. The summed E-state index contributed by atoms with van der Waals surface area (Å²) in [7, 11) is 1.53. The maximum Gasteiger partial charge on any atom is 0.233 e. The molecule has 0 bridgehead atoms. The Morgan fingerprint density at radius 2 is 2.16 bits per heavy atom. The number of ether oxygens (including phenoxy) is 1. The zero-order chi connectivity index (χ0) is 13.7. The van der Waals surface area contributed by atoms with Crippen molar-refractivity contribution in [2.24, 2.45) is 0 Å². The Balaban J connectivity index is 2.33. The highest BCUT2D eigenvalue weighted by Crippen LogP contribution is 2.20. The number of methoxy groups -OCH3 is 1. The van der Waals surface area contributed by atoms with Crippen molar-refractivity contribution in [3.05, 3.63) is 47.7 Å². The second kappa shape index (κ2) is 6.19. The molecule has 0 saturated heterocycles. The number of hydrogen-bond donors (Lipinski definition) is 1. The minimum atomic E-state index is -0.373. The van der Waals surface area contributed by atoms with Crippen molar-refractivity contribution in [2.45, 2.75) is 13.0 Å². The molecule has 19 heavy (non-hydrogen) atoms. The molecule has 0 saturated carbocycles. The molecule has 0 aliphatic rings. The van der Waals surface area contributed by atoms with E-state index in [1.807, 2.05) is 6.92 Å². The first kappa shape index (κ1) is 13.4. The number of nitrogens with zero attached hydrogens (tertiary/aromatic N) is 3. The van der Waals surface area contributed by atoms with Crippen LogP contribution >= 0.6 is 0 Å². The smallest absolute Gasteiger partial charge is 0.233 e. The van der Waals surface area contributed by atoms with Gasteiger partial charge in [-0.2, -0.15) is 0 Å². The molecule has 1 N–H and O–H groups in total. The van der Waals surface area contributed by atoms with E-state index in [1.54, 1.807) is 18.3 Å². The lowest BCUT2D eigenvalue weighted by molar-refractivity contribution is 0.390. The summed E-state index contributed by atoms with van der Waals surface area (Å²) in [6.45, 7) is 2.69. The Bertz CT molecular complexity index is 532. The minimum absolute atomic E-state index is 0.244. The Morgan fingerprint density at radius 3 is 2.74 bits per heavy atom. The van der Waals surface area contributed by atoms with Crippen LogP contribution in [-0.4, -0.2) is 28.8 Å². The molecule has 5 nitrogen and oxygen atoms in total. The molecule has 2 rings (SSSR count). The minimum Gasteiger partial charge on any atom is -0.480 e. The second-order valence-electron chi connectivity index (χ2n) is 3.93. The lowest BCUT2D eigenvalue weighted by atomic mass is 10.1. The molecule has 0 aromatic carbocycles. The van der Waals surface area contributed by atoms with Crippen molar-refractivity contribution in [1.82, 2.24) is 20.5 Å². The van der Waals surface area contributed by atoms with Crippen LogP contribution < -0.4 is 10.1 Å². The molecule has 0 amide bonds. The normalized spacial score (nSPS) is 12.2. The molecule has 0 aliphatic carbocycles. The summed E-state index contributed by atoms with van der Waals surface area (Å²) in [4.78, 5) is 3.86. The van der Waals surface area contributed by atoms with Gasteiger partial charge in [0.1, 0.15) is 5.82 Å². The Hall–Kier alpha value is -2.08. The Kier molecular flexibility index (Phi) is 4.35. The van der Waals surface area contributed by atoms with Gasteiger partial charge in [-0.05, 0) is 24.2 Å². The molecule has 0 fully saturated rings. The van der Waals surface area contributed by atoms with Crippen molar-refractivity contribution in [1.29, 1.82) is 0 Å². The first-order chi connectivity index (χ1) is 9.24. The van der Waals surface area contributed by atoms with Crippen LogP contribution in [0.25, 0.3) is 0 Å². The summed E-state index contributed by atoms with van der Waals surface area (Å²) in [5.74, 6) is 0.0678. The average molecular weight is 262 g/mol. The van der Waals surface area contributed by atoms with Crippen LogP contribution in [0, 0.1) is 5.82 Å². The third kappa shape index (κ3) is 3.23. The summed E-state index contributed by atoms with van der Waals surface area (Å²) < 4.78 is 18.2. The highest BCUT2D eigenvalue weighted by molar-refractivity contribution is 5.26. The molecule has 0 spiro atoms. The van der Waals surface area contributed by atoms with E-state index in [1.165, 1.54) is 19.4 Å². The number of nitrogens with one attached hydrogen (secondary N) is 1. The maximum atomic E-state index is 13.3. The van der Waals surface area contributed by atoms with Gasteiger partial charge in [0.25, 0.3) is 0 Å². The van der Waals surface area contributed by atoms with Crippen LogP contribution in [0.4, 0.5) is 4.39 Å². The Morgan fingerprint density at radius 1 is 1.32 bits per heavy atom. The number of pyridine rings is 1. The maximum absolute atomic E-state index is 13.3. The second-order valence-corrected chi connectivity index (χ2v) is 3.93. The third-order valence-corrected chi connectivity index (χ3v) is 2.63. The van der Waals surface area contributed by atoms with E-state index in [-0.39, 0.29) is 11.9 Å². The monoisotopic (exact) mass is 262 g/mol. The zero-order valence-corrected chi connectivity index (χ0v) is 10.8. The predicted octanol–water partition coefficient (Wildman–Crippen LogP) is 1.72. The highest BCUT2D eigenvalue weighted by Gasteiger charge is 2.16. The van der Waals surface area contributed by atoms with E-state index in [9.17, 15) is 4.39 Å². The summed E-state index contributed by atoms with van der Waals surface area (Å²) >= 11 is 0. The van der Waals surface area contributed by atoms with Crippen molar-refractivity contribution in [3.63, 3.8) is 0 Å². The summed E-state index contributed by atoms with van der Waals surface area (Å²) in [6.07, 6.45) is 2.79. The molecular weight excluding hydrogens is 247 g/mol. The lowest BCUT2D eigenvalue weighted by Crippen LogP contribution is -2.23. The molecule has 2 aromatic rings. The van der Waals surface area contributed by atoms with E-state index in [0.717, 1.165) is 6.54 Å². The number of hydrogen-bond acceptors (Lipinski definition) is 5. The van der Waals surface area contributed by atoms with E-state index in [2.05, 4.69) is 20.5 Å². The molecule has 1 atom stereocenters. The number of rotatable bonds is 5. The highest BCUT2D eigenvalue weighted by atomic mass is 19.1. The standard InChI is InChI=1S/C13H15FN4O/c1-3-16-13(9-6-10(14)8-15-7-9)11-4-5-12(19-2)18-17-11/h4-8,13,16H,3H2,1-2H3. The van der Waals surface area contributed by atoms with Gasteiger partial charge >= 0.3 is 0 Å². The van der Waals surface area contributed by atoms with Gasteiger partial charge in [0.05, 0.1) is 25.0 Å². The van der Waals surface area contributed by atoms with Crippen LogP contribution in [-0.2, 0) is 0 Å². The third-order valence-electron chi connectivity index (χ3n) is 2.63. The molecule has 0 aliphatic heterocycles. The van der Waals surface area contributed by atoms with E-state index >= 15 is 0 Å². The van der Waals surface area contributed by atoms with E-state index in [0.29, 0.717) is 17.1 Å². The summed E-state index contributed by atoms with van der Waals surface area (Å²) in [5.41, 5.74) is 1.40. The van der Waals surface area contributed by atoms with Gasteiger partial charge in [-0.3, -0.25) is 4.98 Å². The quantitative estimate of drug-likeness (QED) is 0.889. The van der Waals surface area contributed by atoms with Gasteiger partial charge in [0.2, 0.25) is 5.88 Å². The number of halogens is 1. The zero-order valence-electron chi connectivity index (χ0n) is 10.8. The van der Waals surface area contributed by atoms with Crippen LogP contribution in [0.2, 0.25) is 0 Å². The van der Waals surface area contributed by atoms with Crippen molar-refractivity contribution >= 4 is 0 Å². The van der Waals surface area contributed by atoms with Gasteiger partial charge in [0, 0.05) is 12.3 Å². The van der Waals surface area contributed by atoms with Gasteiger partial charge in [-0.1, -0.05) is 6.92 Å².